The molecule has 0 radical (unpaired) electrons. The minimum atomic E-state index is -2.74. The Kier molecular flexibility index (Phi) is 9.91. The van der Waals surface area contributed by atoms with Gasteiger partial charge in [-0.15, -0.1) is 0 Å². The Labute approximate surface area is 206 Å². The van der Waals surface area contributed by atoms with Gasteiger partial charge in [0.1, 0.15) is 5.82 Å². The summed E-state index contributed by atoms with van der Waals surface area (Å²) in [7, 11) is 0. The van der Waals surface area contributed by atoms with Crippen molar-refractivity contribution in [2.75, 3.05) is 12.3 Å². The summed E-state index contributed by atoms with van der Waals surface area (Å²) in [5.41, 5.74) is 6.03. The molecule has 12 heteroatoms. The van der Waals surface area contributed by atoms with Crippen molar-refractivity contribution in [2.24, 2.45) is 0 Å². The van der Waals surface area contributed by atoms with Gasteiger partial charge in [0.05, 0.1) is 18.9 Å². The van der Waals surface area contributed by atoms with E-state index in [9.17, 15) is 19.5 Å². The van der Waals surface area contributed by atoms with Crippen LogP contribution in [-0.4, -0.2) is 71.6 Å². The van der Waals surface area contributed by atoms with Gasteiger partial charge in [-0.2, -0.15) is 0 Å². The molecule has 0 spiro atoms. The molecule has 9 N–H and O–H groups in total. The first-order chi connectivity index (χ1) is 16.9. The number of benzene rings is 1. The number of H-pyrrole nitrogens is 1. The summed E-state index contributed by atoms with van der Waals surface area (Å²) in [4.78, 5) is 37.8. The number of aromatic nitrogens is 2. The van der Waals surface area contributed by atoms with Crippen molar-refractivity contribution in [1.29, 1.82) is 0 Å². The van der Waals surface area contributed by atoms with Crippen molar-refractivity contribution in [3.05, 3.63) is 59.9 Å². The largest absolute Gasteiger partial charge is 0.481 e. The van der Waals surface area contributed by atoms with Gasteiger partial charge in [-0.1, -0.05) is 24.3 Å². The number of aromatic amines is 1. The number of nitrogen functional groups attached to an aromatic ring is 1. The van der Waals surface area contributed by atoms with Crippen molar-refractivity contribution in [1.82, 2.24) is 15.3 Å². The van der Waals surface area contributed by atoms with Crippen LogP contribution in [0.5, 0.6) is 0 Å². The predicted molar refractivity (Wildman–Crippen MR) is 130 cm³/mol. The molecule has 1 aromatic carbocycles. The molecule has 0 aliphatic carbocycles. The second kappa shape index (κ2) is 12.6. The van der Waals surface area contributed by atoms with Crippen molar-refractivity contribution >= 4 is 34.6 Å². The number of hydrogen-bond donors (Lipinski definition) is 8. The lowest BCUT2D eigenvalue weighted by Gasteiger charge is -2.18. The Balaban J connectivity index is 0.000000302. The fourth-order valence-corrected chi connectivity index (χ4v) is 3.46. The number of pyridine rings is 1. The van der Waals surface area contributed by atoms with Crippen molar-refractivity contribution in [3.63, 3.8) is 0 Å². The first-order valence-corrected chi connectivity index (χ1v) is 11.0. The molecular weight excluding hydrogens is 472 g/mol. The number of aliphatic hydroxyl groups is 2. The van der Waals surface area contributed by atoms with Crippen LogP contribution in [0.2, 0.25) is 0 Å². The van der Waals surface area contributed by atoms with Crippen LogP contribution in [0.15, 0.2) is 48.8 Å². The fourth-order valence-electron chi connectivity index (χ4n) is 3.46. The average molecular weight is 503 g/mol. The molecule has 0 bridgehead atoms. The first-order valence-electron chi connectivity index (χ1n) is 11.0. The average Bonchev–Trinajstić information content (AvgIpc) is 3.20. The summed E-state index contributed by atoms with van der Waals surface area (Å²) in [6.45, 7) is 2.60. The number of carboxylic acids is 3. The summed E-state index contributed by atoms with van der Waals surface area (Å²) in [6.07, 6.45) is 1.70. The van der Waals surface area contributed by atoms with Crippen LogP contribution < -0.4 is 11.1 Å². The smallest absolute Gasteiger partial charge is 0.336 e. The number of aliphatic carboxylic acids is 3. The van der Waals surface area contributed by atoms with Gasteiger partial charge in [0.15, 0.2) is 5.60 Å². The molecule has 0 amide bonds. The Hall–Kier alpha value is -4.00. The normalized spacial score (nSPS) is 12.9. The summed E-state index contributed by atoms with van der Waals surface area (Å²) >= 11 is 0. The van der Waals surface area contributed by atoms with Gasteiger partial charge in [-0.3, -0.25) is 9.59 Å². The Bertz CT molecular complexity index is 1160. The number of nitrogens with zero attached hydrogens (tertiary/aromatic N) is 1. The lowest BCUT2D eigenvalue weighted by atomic mass is 9.96. The zero-order chi connectivity index (χ0) is 26.9. The third kappa shape index (κ3) is 8.34. The molecule has 0 fully saturated rings. The van der Waals surface area contributed by atoms with Crippen LogP contribution in [0, 0.1) is 0 Å². The highest BCUT2D eigenvalue weighted by atomic mass is 16.4. The molecular formula is C24H30N4O8. The van der Waals surface area contributed by atoms with Gasteiger partial charge in [0.2, 0.25) is 0 Å². The molecule has 0 aliphatic heterocycles. The van der Waals surface area contributed by atoms with E-state index in [4.69, 9.17) is 26.2 Å². The van der Waals surface area contributed by atoms with E-state index < -0.39 is 42.5 Å². The number of nitrogens with one attached hydrogen (secondary N) is 2. The number of para-hydroxylation sites is 1. The molecule has 0 saturated heterocycles. The lowest BCUT2D eigenvalue weighted by Crippen LogP contribution is -2.42. The second-order valence-corrected chi connectivity index (χ2v) is 8.38. The summed E-state index contributed by atoms with van der Waals surface area (Å²) in [5, 5.41) is 48.6. The maximum Gasteiger partial charge on any atom is 0.336 e. The highest BCUT2D eigenvalue weighted by Gasteiger charge is 2.40. The molecule has 12 nitrogen and oxygen atoms in total. The predicted octanol–water partition coefficient (Wildman–Crippen LogP) is 1.15. The van der Waals surface area contributed by atoms with Gasteiger partial charge in [0.25, 0.3) is 0 Å². The third-order valence-corrected chi connectivity index (χ3v) is 5.34. The lowest BCUT2D eigenvalue weighted by molar-refractivity contribution is -0.170. The molecule has 2 heterocycles. The number of carboxylic acid groups (broad SMARTS) is 3. The second-order valence-electron chi connectivity index (χ2n) is 8.38. The van der Waals surface area contributed by atoms with Crippen LogP contribution in [-0.2, 0) is 20.8 Å². The minimum absolute atomic E-state index is 0.255. The number of carbonyl (C=O) groups is 3. The Morgan fingerprint density at radius 1 is 1.08 bits per heavy atom. The van der Waals surface area contributed by atoms with Gasteiger partial charge in [-0.05, 0) is 31.0 Å². The van der Waals surface area contributed by atoms with Crippen LogP contribution in [0.3, 0.4) is 0 Å². The number of nitrogens with two attached hydrogens (primary N) is 1. The standard InChI is InChI=1S/C18H22N4O.C6H8O7/c1-12(8-14-10-21-16-5-3-2-4-15(14)16)20-11-17(23)13-6-7-18(19)22-9-13;7-3(8)1-6(13,5(11)12)2-4(9)10/h2-7,9-10,12,17,20-21,23H,8,11H2,1H3,(H2,19,22);13H,1-2H2,(H,7,8)(H,9,10)(H,11,12)/t12-,17+;/m1./s1. The van der Waals surface area contributed by atoms with Crippen molar-refractivity contribution in [2.45, 2.75) is 43.9 Å². The van der Waals surface area contributed by atoms with Crippen LogP contribution in [0.4, 0.5) is 5.82 Å². The van der Waals surface area contributed by atoms with E-state index in [1.54, 1.807) is 18.3 Å². The topological polar surface area (TPSA) is 219 Å². The third-order valence-electron chi connectivity index (χ3n) is 5.34. The number of anilines is 1. The van der Waals surface area contributed by atoms with Crippen molar-refractivity contribution < 1.29 is 39.9 Å². The van der Waals surface area contributed by atoms with Gasteiger partial charge < -0.3 is 41.6 Å². The Morgan fingerprint density at radius 3 is 2.28 bits per heavy atom. The monoisotopic (exact) mass is 502 g/mol. The van der Waals surface area contributed by atoms with Crippen LogP contribution in [0.1, 0.15) is 37.0 Å². The molecule has 0 aliphatic rings. The van der Waals surface area contributed by atoms with E-state index in [0.29, 0.717) is 12.4 Å². The van der Waals surface area contributed by atoms with E-state index in [2.05, 4.69) is 46.6 Å². The fraction of sp³-hybridized carbons (Fsp3) is 0.333. The van der Waals surface area contributed by atoms with E-state index in [1.165, 1.54) is 10.9 Å². The number of hydrogen-bond acceptors (Lipinski definition) is 8. The minimum Gasteiger partial charge on any atom is -0.481 e. The number of rotatable bonds is 11. The van der Waals surface area contributed by atoms with Gasteiger partial charge >= 0.3 is 17.9 Å². The zero-order valence-electron chi connectivity index (χ0n) is 19.6. The molecule has 3 aromatic rings. The number of aliphatic hydroxyl groups excluding tert-OH is 1. The highest BCUT2D eigenvalue weighted by Crippen LogP contribution is 2.19. The van der Waals surface area contributed by atoms with E-state index in [1.807, 2.05) is 6.07 Å². The number of fused-ring (bicyclic) bond motifs is 1. The van der Waals surface area contributed by atoms with Crippen LogP contribution in [0.25, 0.3) is 10.9 Å². The quantitative estimate of drug-likeness (QED) is 0.186. The van der Waals surface area contributed by atoms with Crippen LogP contribution >= 0.6 is 0 Å². The van der Waals surface area contributed by atoms with Gasteiger partial charge in [-0.25, -0.2) is 9.78 Å². The SMILES string of the molecule is C[C@H](Cc1c[nH]c2ccccc12)NC[C@H](O)c1ccc(N)nc1.O=C(O)CC(O)(CC(=O)O)C(=O)O. The molecule has 0 saturated carbocycles. The maximum absolute atomic E-state index is 10.3. The van der Waals surface area contributed by atoms with E-state index in [0.717, 1.165) is 17.5 Å². The molecule has 36 heavy (non-hydrogen) atoms. The highest BCUT2D eigenvalue weighted by molar-refractivity contribution is 5.88. The molecule has 0 unspecified atom stereocenters. The molecule has 3 rings (SSSR count). The Morgan fingerprint density at radius 2 is 1.72 bits per heavy atom. The summed E-state index contributed by atoms with van der Waals surface area (Å²) in [6, 6.07) is 12.0. The molecule has 2 aromatic heterocycles. The molecule has 194 valence electrons. The molecule has 2 atom stereocenters. The summed E-state index contributed by atoms with van der Waals surface area (Å²) in [5.74, 6) is -4.56. The maximum atomic E-state index is 10.3. The van der Waals surface area contributed by atoms with Gasteiger partial charge in [0, 0.05) is 41.4 Å². The van der Waals surface area contributed by atoms with E-state index in [-0.39, 0.29) is 6.04 Å². The van der Waals surface area contributed by atoms with E-state index >= 15 is 0 Å². The zero-order valence-corrected chi connectivity index (χ0v) is 19.6. The first kappa shape index (κ1) is 28.2. The van der Waals surface area contributed by atoms with Crippen molar-refractivity contribution in [3.8, 4) is 0 Å². The summed E-state index contributed by atoms with van der Waals surface area (Å²) < 4.78 is 0.